The molecule has 8 aromatic carbocycles. The van der Waals surface area contributed by atoms with Crippen LogP contribution in [0.3, 0.4) is 0 Å². The summed E-state index contributed by atoms with van der Waals surface area (Å²) in [5, 5.41) is 42.6. The highest BCUT2D eigenvalue weighted by Gasteiger charge is 2.15. The third kappa shape index (κ3) is 10.4. The van der Waals surface area contributed by atoms with Crippen LogP contribution in [0.15, 0.2) is 221 Å². The van der Waals surface area contributed by atoms with Crippen molar-refractivity contribution in [2.24, 2.45) is 40.9 Å². The average molecular weight is 889 g/mol. The molecular weight excluding hydrogens is 857 g/mol. The van der Waals surface area contributed by atoms with E-state index in [2.05, 4.69) is 51.5 Å². The Morgan fingerprint density at radius 2 is 0.703 bits per heavy atom. The first-order valence-corrected chi connectivity index (χ1v) is 21.9. The maximum Gasteiger partial charge on any atom is 0.323 e. The summed E-state index contributed by atoms with van der Waals surface area (Å²) in [5.74, 6) is 0. The van der Waals surface area contributed by atoms with E-state index >= 15 is 0 Å². The number of nitrogens with zero attached hydrogens (tertiary/aromatic N) is 8. The van der Waals surface area contributed by atoms with Gasteiger partial charge in [0.1, 0.15) is 0 Å². The minimum absolute atomic E-state index is 0.212. The molecule has 0 aliphatic heterocycles. The van der Waals surface area contributed by atoms with Gasteiger partial charge in [0.15, 0.2) is 0 Å². The number of amides is 2. The second-order valence-electron chi connectivity index (χ2n) is 13.7. The predicted molar refractivity (Wildman–Crippen MR) is 243 cm³/mol. The van der Waals surface area contributed by atoms with Crippen molar-refractivity contribution in [1.29, 1.82) is 0 Å². The molecule has 8 rings (SSSR count). The fourth-order valence-electron chi connectivity index (χ4n) is 6.21. The van der Waals surface area contributed by atoms with E-state index in [1.165, 1.54) is 36.4 Å². The molecule has 0 unspecified atom stereocenters. The molecule has 0 atom stereocenters. The number of nitrogens with one attached hydrogen (secondary N) is 2. The van der Waals surface area contributed by atoms with Gasteiger partial charge in [0.25, 0.3) is 20.2 Å². The van der Waals surface area contributed by atoms with Crippen molar-refractivity contribution in [2.75, 3.05) is 10.6 Å². The van der Waals surface area contributed by atoms with Gasteiger partial charge in [0.05, 0.1) is 55.3 Å². The van der Waals surface area contributed by atoms with Gasteiger partial charge >= 0.3 is 6.03 Å². The Hall–Kier alpha value is -8.23. The molecule has 0 spiro atoms. The van der Waals surface area contributed by atoms with Gasteiger partial charge in [-0.15, -0.1) is 20.5 Å². The second kappa shape index (κ2) is 18.4. The smallest absolute Gasteiger partial charge is 0.308 e. The zero-order chi connectivity index (χ0) is 44.7. The van der Waals surface area contributed by atoms with E-state index in [0.717, 1.165) is 28.6 Å². The molecule has 0 heterocycles. The number of rotatable bonds is 12. The summed E-state index contributed by atoms with van der Waals surface area (Å²) in [6.07, 6.45) is 0. The molecule has 19 heteroatoms. The zero-order valence-corrected chi connectivity index (χ0v) is 34.6. The fourth-order valence-corrected chi connectivity index (χ4v) is 7.20. The summed E-state index contributed by atoms with van der Waals surface area (Å²) in [6, 6.07) is 45.8. The Labute approximate surface area is 365 Å². The van der Waals surface area contributed by atoms with Gasteiger partial charge in [-0.05, 0) is 121 Å². The summed E-state index contributed by atoms with van der Waals surface area (Å²) in [6.45, 7) is 0. The lowest BCUT2D eigenvalue weighted by molar-refractivity contribution is 0.262. The van der Waals surface area contributed by atoms with Crippen LogP contribution >= 0.6 is 0 Å². The van der Waals surface area contributed by atoms with E-state index in [4.69, 9.17) is 0 Å². The number of urea groups is 1. The van der Waals surface area contributed by atoms with Crippen LogP contribution < -0.4 is 10.6 Å². The lowest BCUT2D eigenvalue weighted by Crippen LogP contribution is -2.19. The Morgan fingerprint density at radius 3 is 1.12 bits per heavy atom. The fraction of sp³-hybridized carbons (Fsp3) is 0. The normalized spacial score (nSPS) is 12.3. The van der Waals surface area contributed by atoms with E-state index in [1.807, 2.05) is 66.7 Å². The molecule has 0 aliphatic carbocycles. The van der Waals surface area contributed by atoms with Crippen LogP contribution in [0.2, 0.25) is 0 Å². The number of azo groups is 4. The first kappa shape index (κ1) is 42.5. The van der Waals surface area contributed by atoms with Crippen molar-refractivity contribution in [3.05, 3.63) is 170 Å². The molecule has 64 heavy (non-hydrogen) atoms. The van der Waals surface area contributed by atoms with Gasteiger partial charge in [-0.1, -0.05) is 48.5 Å². The third-order valence-electron chi connectivity index (χ3n) is 9.35. The molecule has 316 valence electrons. The van der Waals surface area contributed by atoms with Crippen molar-refractivity contribution in [1.82, 2.24) is 0 Å². The molecule has 2 amide bonds. The van der Waals surface area contributed by atoms with E-state index in [0.29, 0.717) is 45.2 Å². The van der Waals surface area contributed by atoms with Crippen LogP contribution in [0.1, 0.15) is 0 Å². The van der Waals surface area contributed by atoms with E-state index in [9.17, 15) is 30.7 Å². The predicted octanol–water partition coefficient (Wildman–Crippen LogP) is 13.8. The standard InChI is InChI=1S/C45H32N10O7S2/c56-45(46-29-10-14-32(15-11-29)49-53-42-25-24-41(37-8-4-5-9-38(37)42)52-48-31-6-2-1-3-7-31)47-30-12-16-33(17-13-30)50-54-43-26-27-44(40-28-36(64(60,61)62)22-23-39(40)43)55-51-34-18-20-35(21-19-34)63(57,58)59/h1-28H,(H2,46,47,56)(H,57,58,59)(H,60,61,62)/b52-48+,53-49+,54-50+,55-51+. The maximum atomic E-state index is 12.8. The van der Waals surface area contributed by atoms with Crippen molar-refractivity contribution in [2.45, 2.75) is 9.79 Å². The van der Waals surface area contributed by atoms with Crippen LogP contribution in [0, 0.1) is 0 Å². The Kier molecular flexibility index (Phi) is 12.2. The summed E-state index contributed by atoms with van der Waals surface area (Å²) < 4.78 is 65.6. The second-order valence-corrected chi connectivity index (χ2v) is 16.6. The maximum absolute atomic E-state index is 12.8. The highest BCUT2D eigenvalue weighted by Crippen LogP contribution is 2.38. The molecule has 0 fully saturated rings. The van der Waals surface area contributed by atoms with Crippen LogP contribution in [0.5, 0.6) is 0 Å². The Bertz CT molecular complexity index is 3390. The quantitative estimate of drug-likeness (QED) is 0.0681. The lowest BCUT2D eigenvalue weighted by Gasteiger charge is -2.08. The molecule has 0 aliphatic rings. The average Bonchev–Trinajstić information content (AvgIpc) is 3.29. The molecule has 8 aromatic rings. The van der Waals surface area contributed by atoms with Crippen molar-refractivity contribution in [3.8, 4) is 0 Å². The SMILES string of the molecule is O=C(Nc1ccc(/N=N/c2ccc(/N=N/c3ccccc3)c3ccccc23)cc1)Nc1ccc(/N=N/c2ccc(/N=N/c3ccc(S(=O)(=O)O)cc3)c3cc(S(=O)(=O)O)ccc23)cc1. The van der Waals surface area contributed by atoms with Gasteiger partial charge in [0, 0.05) is 32.9 Å². The zero-order valence-electron chi connectivity index (χ0n) is 33.0. The largest absolute Gasteiger partial charge is 0.323 e. The molecule has 4 N–H and O–H groups in total. The third-order valence-corrected chi connectivity index (χ3v) is 11.1. The summed E-state index contributed by atoms with van der Waals surface area (Å²) in [7, 11) is -8.98. The minimum atomic E-state index is -4.58. The van der Waals surface area contributed by atoms with Crippen LogP contribution in [-0.2, 0) is 20.2 Å². The van der Waals surface area contributed by atoms with E-state index in [-0.39, 0.29) is 26.6 Å². The van der Waals surface area contributed by atoms with Crippen LogP contribution in [0.4, 0.5) is 61.7 Å². The number of benzene rings is 8. The lowest BCUT2D eigenvalue weighted by atomic mass is 10.1. The van der Waals surface area contributed by atoms with Crippen molar-refractivity contribution >= 4 is 105 Å². The number of hydrogen-bond acceptors (Lipinski definition) is 13. The topological polar surface area (TPSA) is 249 Å². The summed E-state index contributed by atoms with van der Waals surface area (Å²) in [4.78, 5) is 12.1. The number of carbonyl (C=O) groups is 1. The number of carbonyl (C=O) groups excluding carboxylic acids is 1. The number of hydrogen-bond donors (Lipinski definition) is 4. The molecule has 0 saturated heterocycles. The Morgan fingerprint density at radius 1 is 0.359 bits per heavy atom. The van der Waals surface area contributed by atoms with Gasteiger partial charge in [-0.25, -0.2) is 4.79 Å². The molecule has 0 saturated carbocycles. The highest BCUT2D eigenvalue weighted by atomic mass is 32.2. The highest BCUT2D eigenvalue weighted by molar-refractivity contribution is 7.86. The minimum Gasteiger partial charge on any atom is -0.308 e. The summed E-state index contributed by atoms with van der Waals surface area (Å²) in [5.41, 5.74) is 4.94. The molecule has 0 radical (unpaired) electrons. The van der Waals surface area contributed by atoms with E-state index in [1.54, 1.807) is 54.6 Å². The first-order valence-electron chi connectivity index (χ1n) is 19.0. The van der Waals surface area contributed by atoms with Crippen LogP contribution in [-0.4, -0.2) is 32.0 Å². The van der Waals surface area contributed by atoms with Gasteiger partial charge < -0.3 is 10.6 Å². The number of anilines is 2. The molecule has 0 bridgehead atoms. The van der Waals surface area contributed by atoms with Gasteiger partial charge in [0.2, 0.25) is 0 Å². The van der Waals surface area contributed by atoms with Gasteiger partial charge in [-0.2, -0.15) is 37.3 Å². The molecular formula is C45H32N10O7S2. The van der Waals surface area contributed by atoms with E-state index < -0.39 is 26.3 Å². The first-order chi connectivity index (χ1) is 30.9. The molecule has 17 nitrogen and oxygen atoms in total. The summed E-state index contributed by atoms with van der Waals surface area (Å²) >= 11 is 0. The molecule has 0 aromatic heterocycles. The number of fused-ring (bicyclic) bond motifs is 2. The van der Waals surface area contributed by atoms with Gasteiger partial charge in [-0.3, -0.25) is 9.11 Å². The monoisotopic (exact) mass is 888 g/mol. The Balaban J connectivity index is 0.904. The van der Waals surface area contributed by atoms with Crippen molar-refractivity contribution < 1.29 is 30.7 Å². The van der Waals surface area contributed by atoms with Crippen LogP contribution in [0.25, 0.3) is 21.5 Å². The van der Waals surface area contributed by atoms with Crippen molar-refractivity contribution in [3.63, 3.8) is 0 Å².